The molecule has 0 fully saturated rings. The number of terminal acetylenes is 1. The summed E-state index contributed by atoms with van der Waals surface area (Å²) in [4.78, 5) is 0. The number of thiol groups is 1. The average Bonchev–Trinajstić information content (AvgIpc) is 2.56. The molecule has 66 valence electrons. The normalized spacial score (nSPS) is 13.3. The van der Waals surface area contributed by atoms with E-state index < -0.39 is 0 Å². The Morgan fingerprint density at radius 2 is 2.00 bits per heavy atom. The third kappa shape index (κ3) is 5.15. The lowest BCUT2D eigenvalue weighted by Gasteiger charge is -1.96. The van der Waals surface area contributed by atoms with Crippen molar-refractivity contribution in [1.29, 1.82) is 0 Å². The van der Waals surface area contributed by atoms with Crippen LogP contribution in [0.2, 0.25) is 0 Å². The summed E-state index contributed by atoms with van der Waals surface area (Å²) in [5.74, 6) is 2.25. The fourth-order valence-corrected chi connectivity index (χ4v) is 3.11. The molecule has 0 atom stereocenters. The highest BCUT2D eigenvalue weighted by atomic mass is 32.2. The predicted molar refractivity (Wildman–Crippen MR) is 68.4 cm³/mol. The molecule has 0 amide bonds. The van der Waals surface area contributed by atoms with Crippen molar-refractivity contribution in [3.63, 3.8) is 0 Å². The highest BCUT2D eigenvalue weighted by Gasteiger charge is 2.05. The molecule has 0 aromatic heterocycles. The van der Waals surface area contributed by atoms with E-state index in [9.17, 15) is 0 Å². The van der Waals surface area contributed by atoms with Crippen LogP contribution in [-0.4, -0.2) is 6.26 Å². The monoisotopic (exact) mass is 234 g/mol. The van der Waals surface area contributed by atoms with Gasteiger partial charge in [-0.25, -0.2) is 0 Å². The van der Waals surface area contributed by atoms with Crippen molar-refractivity contribution in [1.82, 2.24) is 0 Å². The minimum absolute atomic E-state index is 1.12. The predicted octanol–water partition coefficient (Wildman–Crippen LogP) is 4.00. The topological polar surface area (TPSA) is 0 Å². The van der Waals surface area contributed by atoms with Gasteiger partial charge in [0.2, 0.25) is 0 Å². The van der Waals surface area contributed by atoms with Crippen molar-refractivity contribution in [2.24, 2.45) is 0 Å². The van der Waals surface area contributed by atoms with Crippen LogP contribution in [0.3, 0.4) is 0 Å². The van der Waals surface area contributed by atoms with Crippen molar-refractivity contribution in [2.45, 2.75) is 6.92 Å². The van der Waals surface area contributed by atoms with Crippen LogP contribution >= 0.6 is 47.9 Å². The first kappa shape index (κ1) is 12.4. The van der Waals surface area contributed by atoms with Gasteiger partial charge < -0.3 is 0 Å². The lowest BCUT2D eigenvalue weighted by atomic mass is 10.9. The van der Waals surface area contributed by atoms with Crippen LogP contribution in [-0.2, 0) is 0 Å². The van der Waals surface area contributed by atoms with E-state index in [2.05, 4.69) is 35.8 Å². The van der Waals surface area contributed by atoms with Crippen LogP contribution in [0.5, 0.6) is 0 Å². The van der Waals surface area contributed by atoms with Crippen LogP contribution in [0.1, 0.15) is 6.92 Å². The van der Waals surface area contributed by atoms with E-state index in [-0.39, 0.29) is 0 Å². The maximum atomic E-state index is 4.60. The average molecular weight is 234 g/mol. The number of hydrogen-bond acceptors (Lipinski definition) is 4. The Morgan fingerprint density at radius 3 is 2.33 bits per heavy atom. The number of hydrogen-bond donors (Lipinski definition) is 1. The van der Waals surface area contributed by atoms with Gasteiger partial charge in [-0.05, 0) is 24.0 Å². The summed E-state index contributed by atoms with van der Waals surface area (Å²) in [5.41, 5.74) is 0. The summed E-state index contributed by atoms with van der Waals surface area (Å²) in [6, 6.07) is 0. The molecular weight excluding hydrogens is 224 g/mol. The van der Waals surface area contributed by atoms with Crippen LogP contribution in [0.4, 0.5) is 0 Å². The lowest BCUT2D eigenvalue weighted by molar-refractivity contribution is 1.94. The zero-order valence-electron chi connectivity index (χ0n) is 6.90. The minimum Gasteiger partial charge on any atom is -0.135 e. The second-order valence-electron chi connectivity index (χ2n) is 1.59. The molecule has 0 aromatic carbocycles. The molecule has 0 radical (unpaired) electrons. The molecule has 0 saturated heterocycles. The molecule has 0 saturated carbocycles. The SMILES string of the molecule is C#CC.CSC(S)=C1SC=CS1. The lowest BCUT2D eigenvalue weighted by Crippen LogP contribution is -1.62. The molecule has 12 heavy (non-hydrogen) atoms. The van der Waals surface area contributed by atoms with Gasteiger partial charge in [0.1, 0.15) is 0 Å². The van der Waals surface area contributed by atoms with Gasteiger partial charge in [-0.15, -0.1) is 36.7 Å². The molecule has 0 aromatic rings. The molecule has 0 bridgehead atoms. The van der Waals surface area contributed by atoms with Crippen molar-refractivity contribution in [2.75, 3.05) is 6.26 Å². The summed E-state index contributed by atoms with van der Waals surface area (Å²) in [6.45, 7) is 1.65. The Labute approximate surface area is 92.4 Å². The van der Waals surface area contributed by atoms with Gasteiger partial charge in [-0.1, -0.05) is 23.5 Å². The second-order valence-corrected chi connectivity index (χ2v) is 5.25. The fraction of sp³-hybridized carbons (Fsp3) is 0.250. The summed E-state index contributed by atoms with van der Waals surface area (Å²) >= 11 is 9.45. The minimum atomic E-state index is 1.12. The Hall–Kier alpha value is 0.440. The molecule has 0 N–H and O–H groups in total. The first-order valence-electron chi connectivity index (χ1n) is 3.09. The standard InChI is InChI=1S/C5H6S4.C3H4/c1-7-4(6)5-8-2-3-9-5;1-3-2/h2-3,6H,1H3;1H,2H3. The number of thioether (sulfide) groups is 3. The molecule has 1 heterocycles. The van der Waals surface area contributed by atoms with E-state index in [0.717, 1.165) is 4.24 Å². The Bertz CT molecular complexity index is 212. The van der Waals surface area contributed by atoms with Gasteiger partial charge in [-0.2, -0.15) is 0 Å². The first-order chi connectivity index (χ1) is 5.76. The highest BCUT2D eigenvalue weighted by Crippen LogP contribution is 2.43. The van der Waals surface area contributed by atoms with E-state index in [0.29, 0.717) is 0 Å². The van der Waals surface area contributed by atoms with Crippen LogP contribution in [0.25, 0.3) is 0 Å². The van der Waals surface area contributed by atoms with E-state index >= 15 is 0 Å². The zero-order chi connectivity index (χ0) is 9.40. The molecule has 1 aliphatic heterocycles. The van der Waals surface area contributed by atoms with Crippen LogP contribution in [0.15, 0.2) is 19.3 Å². The maximum absolute atomic E-state index is 4.60. The molecule has 0 spiro atoms. The van der Waals surface area contributed by atoms with Crippen LogP contribution < -0.4 is 0 Å². The quantitative estimate of drug-likeness (QED) is 0.538. The van der Waals surface area contributed by atoms with Crippen molar-refractivity contribution in [3.05, 3.63) is 19.3 Å². The van der Waals surface area contributed by atoms with Gasteiger partial charge >= 0.3 is 0 Å². The van der Waals surface area contributed by atoms with Gasteiger partial charge in [0.25, 0.3) is 0 Å². The maximum Gasteiger partial charge on any atom is 0.0684 e. The van der Waals surface area contributed by atoms with Crippen molar-refractivity contribution < 1.29 is 0 Å². The molecule has 0 nitrogen and oxygen atoms in total. The van der Waals surface area contributed by atoms with E-state index in [1.807, 2.05) is 6.26 Å². The molecule has 1 rings (SSSR count). The molecule has 0 unspecified atom stereocenters. The fourth-order valence-electron chi connectivity index (χ4n) is 0.391. The van der Waals surface area contributed by atoms with E-state index in [4.69, 9.17) is 0 Å². The Kier molecular flexibility index (Phi) is 8.35. The molecular formula is C8H10S4. The Balaban J connectivity index is 0.000000354. The van der Waals surface area contributed by atoms with Crippen LogP contribution in [0, 0.1) is 12.3 Å². The van der Waals surface area contributed by atoms with Gasteiger partial charge in [0.05, 0.1) is 8.47 Å². The summed E-state index contributed by atoms with van der Waals surface area (Å²) in [5, 5.41) is 4.15. The third-order valence-corrected chi connectivity index (χ3v) is 4.83. The molecule has 4 heteroatoms. The van der Waals surface area contributed by atoms with Gasteiger partial charge in [0.15, 0.2) is 0 Å². The second kappa shape index (κ2) is 8.06. The smallest absolute Gasteiger partial charge is 0.0684 e. The zero-order valence-corrected chi connectivity index (χ0v) is 10.2. The summed E-state index contributed by atoms with van der Waals surface area (Å²) < 4.78 is 2.42. The molecule has 1 aliphatic rings. The highest BCUT2D eigenvalue weighted by molar-refractivity contribution is 8.29. The molecule has 0 aliphatic carbocycles. The van der Waals surface area contributed by atoms with Crippen molar-refractivity contribution in [3.8, 4) is 12.3 Å². The van der Waals surface area contributed by atoms with Gasteiger partial charge in [0, 0.05) is 0 Å². The van der Waals surface area contributed by atoms with Gasteiger partial charge in [-0.3, -0.25) is 0 Å². The summed E-state index contributed by atoms with van der Waals surface area (Å²) in [6.07, 6.45) is 6.63. The third-order valence-electron chi connectivity index (χ3n) is 0.774. The summed E-state index contributed by atoms with van der Waals surface area (Å²) in [7, 11) is 0. The Morgan fingerprint density at radius 1 is 1.58 bits per heavy atom. The van der Waals surface area contributed by atoms with E-state index in [1.54, 1.807) is 42.2 Å². The number of rotatable bonds is 1. The first-order valence-corrected chi connectivity index (χ1v) is 6.52. The van der Waals surface area contributed by atoms with E-state index in [1.165, 1.54) is 4.24 Å². The van der Waals surface area contributed by atoms with Crippen molar-refractivity contribution >= 4 is 47.9 Å². The largest absolute Gasteiger partial charge is 0.135 e.